The topological polar surface area (TPSA) is 98.0 Å². The zero-order chi connectivity index (χ0) is 20.3. The fourth-order valence-electron chi connectivity index (χ4n) is 2.64. The number of ether oxygens (including phenoxy) is 1. The minimum absolute atomic E-state index is 0.0288. The van der Waals surface area contributed by atoms with Crippen LogP contribution in [-0.2, 0) is 11.4 Å². The summed E-state index contributed by atoms with van der Waals surface area (Å²) in [6.45, 7) is 2.58. The third-order valence-corrected chi connectivity index (χ3v) is 3.86. The number of aliphatic hydroxyl groups is 1. The van der Waals surface area contributed by atoms with Gasteiger partial charge in [-0.25, -0.2) is 24.2 Å². The predicted molar refractivity (Wildman–Crippen MR) is 93.7 cm³/mol. The van der Waals surface area contributed by atoms with Gasteiger partial charge in [0.05, 0.1) is 30.2 Å². The summed E-state index contributed by atoms with van der Waals surface area (Å²) in [5.74, 6) is -2.01. The lowest BCUT2D eigenvalue weighted by Crippen LogP contribution is -2.27. The quantitative estimate of drug-likeness (QED) is 0.471. The molecule has 0 aliphatic rings. The van der Waals surface area contributed by atoms with E-state index in [2.05, 4.69) is 15.4 Å². The summed E-state index contributed by atoms with van der Waals surface area (Å²) in [6.07, 6.45) is 1.58. The average molecular weight is 392 g/mol. The zero-order valence-electron chi connectivity index (χ0n) is 15.2. The molecular formula is C18H18F2N4O4. The second-order valence-electron chi connectivity index (χ2n) is 5.92. The molecule has 0 saturated carbocycles. The lowest BCUT2D eigenvalue weighted by Gasteiger charge is -2.10. The van der Waals surface area contributed by atoms with Crippen molar-refractivity contribution in [1.82, 2.24) is 19.8 Å². The Labute approximate surface area is 158 Å². The second kappa shape index (κ2) is 8.28. The van der Waals surface area contributed by atoms with E-state index >= 15 is 0 Å². The van der Waals surface area contributed by atoms with Gasteiger partial charge >= 0.3 is 0 Å². The number of aromatic nitrogens is 3. The fraction of sp³-hybridized carbons (Fsp3) is 0.278. The molecular weight excluding hydrogens is 374 g/mol. The summed E-state index contributed by atoms with van der Waals surface area (Å²) in [6, 6.07) is 3.53. The molecule has 0 saturated heterocycles. The Kier molecular flexibility index (Phi) is 5.81. The number of benzene rings is 1. The Balaban J connectivity index is 1.94. The maximum Gasteiger partial charge on any atom is 0.293 e. The van der Waals surface area contributed by atoms with E-state index < -0.39 is 24.1 Å². The molecule has 28 heavy (non-hydrogen) atoms. The molecule has 0 atom stereocenters. The van der Waals surface area contributed by atoms with Crippen LogP contribution in [0.2, 0.25) is 0 Å². The van der Waals surface area contributed by atoms with Gasteiger partial charge in [0, 0.05) is 6.20 Å². The third-order valence-electron chi connectivity index (χ3n) is 3.86. The van der Waals surface area contributed by atoms with E-state index in [1.165, 1.54) is 10.5 Å². The van der Waals surface area contributed by atoms with Crippen molar-refractivity contribution in [2.75, 3.05) is 13.2 Å². The lowest BCUT2D eigenvalue weighted by molar-refractivity contribution is 0.0163. The van der Waals surface area contributed by atoms with Gasteiger partial charge in [-0.15, -0.1) is 0 Å². The fourth-order valence-corrected chi connectivity index (χ4v) is 2.64. The van der Waals surface area contributed by atoms with Crippen LogP contribution < -0.4 is 10.2 Å². The van der Waals surface area contributed by atoms with Gasteiger partial charge in [0.25, 0.3) is 11.8 Å². The first-order chi connectivity index (χ1) is 13.4. The van der Waals surface area contributed by atoms with E-state index in [0.29, 0.717) is 11.4 Å². The van der Waals surface area contributed by atoms with Crippen molar-refractivity contribution in [3.63, 3.8) is 0 Å². The number of fused-ring (bicyclic) bond motifs is 1. The van der Waals surface area contributed by atoms with Crippen molar-refractivity contribution in [3.05, 3.63) is 58.7 Å². The van der Waals surface area contributed by atoms with Crippen LogP contribution in [-0.4, -0.2) is 38.6 Å². The molecule has 3 aromatic rings. The lowest BCUT2D eigenvalue weighted by atomic mass is 10.2. The SMILES string of the molecule is Cc1cn2c(C(=O)NOCCO)c(C)nc2c(OCc2c(F)cccc2F)n1. The Hall–Kier alpha value is -3.11. The molecule has 0 radical (unpaired) electrons. The van der Waals surface area contributed by atoms with Crippen LogP contribution in [0.5, 0.6) is 5.88 Å². The van der Waals surface area contributed by atoms with E-state index in [9.17, 15) is 13.6 Å². The zero-order valence-corrected chi connectivity index (χ0v) is 15.2. The van der Waals surface area contributed by atoms with Crippen LogP contribution in [0, 0.1) is 25.5 Å². The van der Waals surface area contributed by atoms with Crippen molar-refractivity contribution in [3.8, 4) is 5.88 Å². The molecule has 0 aliphatic carbocycles. The summed E-state index contributed by atoms with van der Waals surface area (Å²) in [7, 11) is 0. The van der Waals surface area contributed by atoms with E-state index in [1.54, 1.807) is 20.0 Å². The van der Waals surface area contributed by atoms with E-state index in [0.717, 1.165) is 12.1 Å². The van der Waals surface area contributed by atoms with Gasteiger partial charge in [0.1, 0.15) is 23.9 Å². The summed E-state index contributed by atoms with van der Waals surface area (Å²) < 4.78 is 34.6. The number of carbonyl (C=O) groups excluding carboxylic acids is 1. The summed E-state index contributed by atoms with van der Waals surface area (Å²) in [5, 5.41) is 8.73. The molecule has 2 aromatic heterocycles. The molecule has 3 rings (SSSR count). The average Bonchev–Trinajstić information content (AvgIpc) is 2.97. The molecule has 0 spiro atoms. The molecule has 2 N–H and O–H groups in total. The molecule has 0 bridgehead atoms. The van der Waals surface area contributed by atoms with Gasteiger partial charge in [-0.2, -0.15) is 0 Å². The largest absolute Gasteiger partial charge is 0.470 e. The normalized spacial score (nSPS) is 11.0. The number of imidazole rings is 1. The van der Waals surface area contributed by atoms with Crippen LogP contribution in [0.1, 0.15) is 27.4 Å². The molecule has 8 nitrogen and oxygen atoms in total. The van der Waals surface area contributed by atoms with Gasteiger partial charge in [0.15, 0.2) is 0 Å². The molecule has 0 aliphatic heterocycles. The number of aryl methyl sites for hydroxylation is 2. The molecule has 10 heteroatoms. The van der Waals surface area contributed by atoms with E-state index in [4.69, 9.17) is 14.7 Å². The molecule has 1 aromatic carbocycles. The van der Waals surface area contributed by atoms with Crippen LogP contribution >= 0.6 is 0 Å². The molecule has 148 valence electrons. The van der Waals surface area contributed by atoms with Crippen LogP contribution in [0.15, 0.2) is 24.4 Å². The van der Waals surface area contributed by atoms with E-state index in [-0.39, 0.29) is 36.0 Å². The van der Waals surface area contributed by atoms with E-state index in [1.807, 2.05) is 0 Å². The molecule has 0 fully saturated rings. The minimum atomic E-state index is -0.732. The van der Waals surface area contributed by atoms with Crippen molar-refractivity contribution in [1.29, 1.82) is 0 Å². The molecule has 2 heterocycles. The monoisotopic (exact) mass is 392 g/mol. The Morgan fingerprint density at radius 3 is 2.64 bits per heavy atom. The smallest absolute Gasteiger partial charge is 0.293 e. The van der Waals surface area contributed by atoms with Crippen LogP contribution in [0.4, 0.5) is 8.78 Å². The minimum Gasteiger partial charge on any atom is -0.470 e. The van der Waals surface area contributed by atoms with Gasteiger partial charge in [-0.3, -0.25) is 14.0 Å². The number of aliphatic hydroxyl groups excluding tert-OH is 1. The summed E-state index contributed by atoms with van der Waals surface area (Å²) >= 11 is 0. The van der Waals surface area contributed by atoms with Crippen LogP contribution in [0.25, 0.3) is 5.65 Å². The number of carbonyl (C=O) groups is 1. The molecule has 1 amide bonds. The summed E-state index contributed by atoms with van der Waals surface area (Å²) in [5.41, 5.74) is 3.25. The molecule has 0 unspecified atom stereocenters. The number of amides is 1. The number of hydrogen-bond donors (Lipinski definition) is 2. The van der Waals surface area contributed by atoms with Gasteiger partial charge < -0.3 is 9.84 Å². The van der Waals surface area contributed by atoms with Gasteiger partial charge in [0.2, 0.25) is 5.65 Å². The highest BCUT2D eigenvalue weighted by molar-refractivity contribution is 5.94. The second-order valence-corrected chi connectivity index (χ2v) is 5.92. The standard InChI is InChI=1S/C18H18F2N4O4/c1-10-8-24-15(17(26)23-28-7-6-25)11(2)22-16(24)18(21-10)27-9-12-13(19)4-3-5-14(12)20/h3-5,8,25H,6-7,9H2,1-2H3,(H,23,26). The first kappa shape index (κ1) is 19.6. The van der Waals surface area contributed by atoms with Gasteiger partial charge in [-0.1, -0.05) is 6.07 Å². The maximum atomic E-state index is 13.8. The van der Waals surface area contributed by atoms with Gasteiger partial charge in [-0.05, 0) is 26.0 Å². The Morgan fingerprint density at radius 1 is 1.25 bits per heavy atom. The van der Waals surface area contributed by atoms with Crippen molar-refractivity contribution >= 4 is 11.6 Å². The van der Waals surface area contributed by atoms with Crippen molar-refractivity contribution in [2.24, 2.45) is 0 Å². The highest BCUT2D eigenvalue weighted by atomic mass is 19.1. The number of rotatable bonds is 7. The maximum absolute atomic E-state index is 13.8. The van der Waals surface area contributed by atoms with Crippen molar-refractivity contribution in [2.45, 2.75) is 20.5 Å². The highest BCUT2D eigenvalue weighted by Crippen LogP contribution is 2.23. The Bertz CT molecular complexity index is 1000. The number of nitrogens with zero attached hydrogens (tertiary/aromatic N) is 3. The van der Waals surface area contributed by atoms with Crippen LogP contribution in [0.3, 0.4) is 0 Å². The number of hydroxylamine groups is 1. The first-order valence-corrected chi connectivity index (χ1v) is 8.37. The van der Waals surface area contributed by atoms with Crippen molar-refractivity contribution < 1.29 is 28.3 Å². The summed E-state index contributed by atoms with van der Waals surface area (Å²) in [4.78, 5) is 25.7. The first-order valence-electron chi connectivity index (χ1n) is 8.37. The number of halogens is 2. The number of nitrogens with one attached hydrogen (secondary N) is 1. The third kappa shape index (κ3) is 3.92. The predicted octanol–water partition coefficient (Wildman–Crippen LogP) is 1.86. The highest BCUT2D eigenvalue weighted by Gasteiger charge is 2.21. The Morgan fingerprint density at radius 2 is 1.96 bits per heavy atom. The number of hydrogen-bond acceptors (Lipinski definition) is 6.